The number of benzene rings is 1. The normalized spacial score (nSPS) is 9.88. The Morgan fingerprint density at radius 3 is 2.88 bits per heavy atom. The molecule has 16 heavy (non-hydrogen) atoms. The van der Waals surface area contributed by atoms with Crippen LogP contribution in [0.15, 0.2) is 18.2 Å². The van der Waals surface area contributed by atoms with E-state index in [9.17, 15) is 4.39 Å². The van der Waals surface area contributed by atoms with E-state index in [2.05, 4.69) is 0 Å². The molecule has 0 saturated carbocycles. The molecule has 0 aliphatic carbocycles. The molecule has 0 unspecified atom stereocenters. The number of nitrogens with zero attached hydrogens (tertiary/aromatic N) is 2. The molecule has 0 aliphatic rings. The van der Waals surface area contributed by atoms with E-state index in [-0.39, 0.29) is 5.56 Å². The van der Waals surface area contributed by atoms with Gasteiger partial charge in [0.1, 0.15) is 17.4 Å². The predicted octanol–water partition coefficient (Wildman–Crippen LogP) is 2.17. The van der Waals surface area contributed by atoms with Gasteiger partial charge >= 0.3 is 0 Å². The zero-order chi connectivity index (χ0) is 12.0. The first-order valence-electron chi connectivity index (χ1n) is 5.18. The molecule has 0 bridgehead atoms. The Kier molecular flexibility index (Phi) is 4.74. The van der Waals surface area contributed by atoms with Crippen molar-refractivity contribution in [3.8, 4) is 6.07 Å². The van der Waals surface area contributed by atoms with Gasteiger partial charge in [0, 0.05) is 20.2 Å². The molecule has 0 saturated heterocycles. The van der Waals surface area contributed by atoms with Crippen LogP contribution in [0, 0.1) is 17.1 Å². The summed E-state index contributed by atoms with van der Waals surface area (Å²) in [7, 11) is 1.81. The molecule has 0 radical (unpaired) electrons. The van der Waals surface area contributed by atoms with Gasteiger partial charge in [0.05, 0.1) is 12.3 Å². The highest BCUT2D eigenvalue weighted by molar-refractivity contribution is 5.59. The molecule has 0 atom stereocenters. The number of hydrogen-bond acceptors (Lipinski definition) is 3. The highest BCUT2D eigenvalue weighted by Gasteiger charge is 2.10. The number of ether oxygens (including phenoxy) is 1. The van der Waals surface area contributed by atoms with E-state index < -0.39 is 5.82 Å². The molecule has 1 rings (SSSR count). The minimum atomic E-state index is -0.483. The Morgan fingerprint density at radius 1 is 1.50 bits per heavy atom. The van der Waals surface area contributed by atoms with Crippen LogP contribution in [0.2, 0.25) is 0 Å². The molecule has 0 aliphatic heterocycles. The van der Waals surface area contributed by atoms with Crippen molar-refractivity contribution in [2.24, 2.45) is 0 Å². The van der Waals surface area contributed by atoms with E-state index in [0.717, 1.165) is 0 Å². The number of hydrogen-bond donors (Lipinski definition) is 0. The monoisotopic (exact) mass is 222 g/mol. The summed E-state index contributed by atoms with van der Waals surface area (Å²) in [6.45, 7) is 3.77. The van der Waals surface area contributed by atoms with Gasteiger partial charge in [-0.15, -0.1) is 0 Å². The first kappa shape index (κ1) is 12.5. The summed E-state index contributed by atoms with van der Waals surface area (Å²) >= 11 is 0. The second kappa shape index (κ2) is 6.09. The summed E-state index contributed by atoms with van der Waals surface area (Å²) in [5.74, 6) is -0.483. The molecule has 4 heteroatoms. The lowest BCUT2D eigenvalue weighted by molar-refractivity contribution is 0.154. The van der Waals surface area contributed by atoms with Gasteiger partial charge in [0.15, 0.2) is 0 Å². The average Bonchev–Trinajstić information content (AvgIpc) is 2.29. The van der Waals surface area contributed by atoms with E-state index in [0.29, 0.717) is 25.4 Å². The first-order valence-corrected chi connectivity index (χ1v) is 5.18. The van der Waals surface area contributed by atoms with E-state index in [1.165, 1.54) is 6.07 Å². The number of nitriles is 1. The molecule has 1 aromatic carbocycles. The summed E-state index contributed by atoms with van der Waals surface area (Å²) in [5, 5.41) is 8.87. The van der Waals surface area contributed by atoms with Crippen molar-refractivity contribution in [2.75, 3.05) is 31.7 Å². The Labute approximate surface area is 95.1 Å². The lowest BCUT2D eigenvalue weighted by atomic mass is 10.1. The molecule has 0 heterocycles. The topological polar surface area (TPSA) is 36.3 Å². The fraction of sp³-hybridized carbons (Fsp3) is 0.417. The Balaban J connectivity index is 2.79. The van der Waals surface area contributed by atoms with Crippen LogP contribution in [0.25, 0.3) is 0 Å². The van der Waals surface area contributed by atoms with Crippen LogP contribution in [-0.2, 0) is 4.74 Å². The highest BCUT2D eigenvalue weighted by Crippen LogP contribution is 2.20. The third-order valence-corrected chi connectivity index (χ3v) is 2.29. The van der Waals surface area contributed by atoms with Gasteiger partial charge in [-0.3, -0.25) is 0 Å². The van der Waals surface area contributed by atoms with Crippen LogP contribution < -0.4 is 4.90 Å². The van der Waals surface area contributed by atoms with E-state index >= 15 is 0 Å². The van der Waals surface area contributed by atoms with Gasteiger partial charge in [-0.1, -0.05) is 6.07 Å². The molecule has 0 aromatic heterocycles. The van der Waals surface area contributed by atoms with Crippen molar-refractivity contribution < 1.29 is 9.13 Å². The van der Waals surface area contributed by atoms with E-state index in [1.807, 2.05) is 24.9 Å². The largest absolute Gasteiger partial charge is 0.380 e. The summed E-state index contributed by atoms with van der Waals surface area (Å²) < 4.78 is 18.5. The molecule has 0 fully saturated rings. The molecule has 3 nitrogen and oxygen atoms in total. The number of likely N-dealkylation sites (N-methyl/N-ethyl adjacent to an activating group) is 1. The second-order valence-electron chi connectivity index (χ2n) is 3.36. The molecule has 86 valence electrons. The predicted molar refractivity (Wildman–Crippen MR) is 60.9 cm³/mol. The molecule has 0 N–H and O–H groups in total. The van der Waals surface area contributed by atoms with Crippen LogP contribution in [0.3, 0.4) is 0 Å². The fourth-order valence-electron chi connectivity index (χ4n) is 1.41. The smallest absolute Gasteiger partial charge is 0.143 e. The van der Waals surface area contributed by atoms with Crippen LogP contribution in [-0.4, -0.2) is 26.8 Å². The quantitative estimate of drug-likeness (QED) is 0.716. The minimum absolute atomic E-state index is 0.0847. The van der Waals surface area contributed by atoms with Gasteiger partial charge in [-0.2, -0.15) is 5.26 Å². The Morgan fingerprint density at radius 2 is 2.25 bits per heavy atom. The molecular formula is C12H15FN2O. The lowest BCUT2D eigenvalue weighted by Crippen LogP contribution is -2.23. The number of halogens is 1. The van der Waals surface area contributed by atoms with Gasteiger partial charge in [-0.25, -0.2) is 4.39 Å². The van der Waals surface area contributed by atoms with Gasteiger partial charge in [-0.05, 0) is 19.1 Å². The van der Waals surface area contributed by atoms with Crippen molar-refractivity contribution in [3.05, 3.63) is 29.6 Å². The zero-order valence-corrected chi connectivity index (χ0v) is 9.53. The van der Waals surface area contributed by atoms with Crippen LogP contribution in [0.1, 0.15) is 12.5 Å². The van der Waals surface area contributed by atoms with Crippen molar-refractivity contribution in [2.45, 2.75) is 6.92 Å². The maximum Gasteiger partial charge on any atom is 0.143 e. The first-order chi connectivity index (χ1) is 7.70. The van der Waals surface area contributed by atoms with E-state index in [1.54, 1.807) is 12.1 Å². The van der Waals surface area contributed by atoms with Crippen molar-refractivity contribution in [3.63, 3.8) is 0 Å². The number of rotatable bonds is 5. The average molecular weight is 222 g/mol. The maximum absolute atomic E-state index is 13.3. The van der Waals surface area contributed by atoms with Gasteiger partial charge in [0.25, 0.3) is 0 Å². The van der Waals surface area contributed by atoms with Crippen LogP contribution in [0.5, 0.6) is 0 Å². The Bertz CT molecular complexity index is 387. The molecule has 1 aromatic rings. The van der Waals surface area contributed by atoms with Crippen molar-refractivity contribution in [1.82, 2.24) is 0 Å². The molecular weight excluding hydrogens is 207 g/mol. The standard InChI is InChI=1S/C12H15FN2O/c1-3-16-8-7-15(2)12-6-4-5-11(13)10(12)9-14/h4-6H,3,7-8H2,1-2H3. The summed E-state index contributed by atoms with van der Waals surface area (Å²) in [6.07, 6.45) is 0. The molecule has 0 amide bonds. The second-order valence-corrected chi connectivity index (χ2v) is 3.36. The SMILES string of the molecule is CCOCCN(C)c1cccc(F)c1C#N. The van der Waals surface area contributed by atoms with Crippen molar-refractivity contribution >= 4 is 5.69 Å². The minimum Gasteiger partial charge on any atom is -0.380 e. The summed E-state index contributed by atoms with van der Waals surface area (Å²) in [6, 6.07) is 6.50. The zero-order valence-electron chi connectivity index (χ0n) is 9.53. The highest BCUT2D eigenvalue weighted by atomic mass is 19.1. The summed E-state index contributed by atoms with van der Waals surface area (Å²) in [4.78, 5) is 1.82. The number of anilines is 1. The third kappa shape index (κ3) is 2.94. The van der Waals surface area contributed by atoms with Crippen molar-refractivity contribution in [1.29, 1.82) is 5.26 Å². The Hall–Kier alpha value is -1.60. The van der Waals surface area contributed by atoms with Crippen LogP contribution in [0.4, 0.5) is 10.1 Å². The van der Waals surface area contributed by atoms with E-state index in [4.69, 9.17) is 10.00 Å². The lowest BCUT2D eigenvalue weighted by Gasteiger charge is -2.20. The molecule has 0 spiro atoms. The van der Waals surface area contributed by atoms with Gasteiger partial charge in [0.2, 0.25) is 0 Å². The van der Waals surface area contributed by atoms with Crippen LogP contribution >= 0.6 is 0 Å². The van der Waals surface area contributed by atoms with Gasteiger partial charge < -0.3 is 9.64 Å². The maximum atomic E-state index is 13.3. The summed E-state index contributed by atoms with van der Waals surface area (Å²) in [5.41, 5.74) is 0.684. The third-order valence-electron chi connectivity index (χ3n) is 2.29. The fourth-order valence-corrected chi connectivity index (χ4v) is 1.41.